The van der Waals surface area contributed by atoms with Gasteiger partial charge in [-0.2, -0.15) is 18.3 Å². The highest BCUT2D eigenvalue weighted by Crippen LogP contribution is 2.34. The van der Waals surface area contributed by atoms with Gasteiger partial charge in [-0.3, -0.25) is 10.2 Å². The van der Waals surface area contributed by atoms with Crippen molar-refractivity contribution in [3.8, 4) is 11.1 Å². The van der Waals surface area contributed by atoms with Crippen molar-refractivity contribution in [3.63, 3.8) is 0 Å². The van der Waals surface area contributed by atoms with Crippen LogP contribution in [-0.2, 0) is 22.1 Å². The lowest BCUT2D eigenvalue weighted by Gasteiger charge is -2.10. The summed E-state index contributed by atoms with van der Waals surface area (Å²) in [6.07, 6.45) is -3.16. The number of carbonyl (C=O) groups is 1. The highest BCUT2D eigenvalue weighted by molar-refractivity contribution is 7.13. The van der Waals surface area contributed by atoms with Gasteiger partial charge in [0.25, 0.3) is 0 Å². The molecule has 0 aliphatic carbocycles. The summed E-state index contributed by atoms with van der Waals surface area (Å²) in [5.74, 6) is -1.66. The summed E-state index contributed by atoms with van der Waals surface area (Å²) in [6.45, 7) is 2.04. The number of esters is 1. The summed E-state index contributed by atoms with van der Waals surface area (Å²) in [5.41, 5.74) is 3.49. The Morgan fingerprint density at radius 2 is 1.90 bits per heavy atom. The van der Waals surface area contributed by atoms with Gasteiger partial charge in [-0.15, -0.1) is 11.3 Å². The lowest BCUT2D eigenvalue weighted by atomic mass is 10.0. The van der Waals surface area contributed by atoms with Gasteiger partial charge in [0.15, 0.2) is 0 Å². The number of carbonyl (C=O) groups excluding carboxylic acids is 1. The third-order valence-electron chi connectivity index (χ3n) is 4.07. The number of nitrogens with one attached hydrogen (secondary N) is 1. The normalized spacial score (nSPS) is 11.6. The lowest BCUT2D eigenvalue weighted by molar-refractivity contribution is -0.142. The molecule has 2 aromatic carbocycles. The lowest BCUT2D eigenvalue weighted by Crippen LogP contribution is -2.08. The average Bonchev–Trinajstić information content (AvgIpc) is 3.15. The van der Waals surface area contributed by atoms with Crippen LogP contribution in [0.5, 0.6) is 0 Å². The summed E-state index contributed by atoms with van der Waals surface area (Å²) in [5, 5.41) is 6.28. The molecule has 0 amide bonds. The summed E-state index contributed by atoms with van der Waals surface area (Å²) >= 11 is 1.28. The predicted octanol–water partition coefficient (Wildman–Crippen LogP) is 5.52. The zero-order valence-electron chi connectivity index (χ0n) is 16.2. The van der Waals surface area contributed by atoms with E-state index in [9.17, 15) is 22.4 Å². The Hall–Kier alpha value is -3.27. The van der Waals surface area contributed by atoms with Gasteiger partial charge in [-0.05, 0) is 35.7 Å². The van der Waals surface area contributed by atoms with E-state index in [-0.39, 0.29) is 18.0 Å². The number of thiazole rings is 1. The number of hydrazone groups is 1. The van der Waals surface area contributed by atoms with Crippen LogP contribution in [-0.4, -0.2) is 23.8 Å². The van der Waals surface area contributed by atoms with E-state index >= 15 is 0 Å². The van der Waals surface area contributed by atoms with Gasteiger partial charge >= 0.3 is 12.1 Å². The van der Waals surface area contributed by atoms with Crippen LogP contribution in [0.3, 0.4) is 0 Å². The number of anilines is 1. The maximum Gasteiger partial charge on any atom is 0.419 e. The van der Waals surface area contributed by atoms with E-state index in [2.05, 4.69) is 15.5 Å². The average molecular weight is 451 g/mol. The molecule has 0 radical (unpaired) electrons. The maximum atomic E-state index is 13.5. The minimum Gasteiger partial charge on any atom is -0.466 e. The number of hydrogen-bond acceptors (Lipinski definition) is 6. The van der Waals surface area contributed by atoms with Crippen LogP contribution >= 0.6 is 11.3 Å². The van der Waals surface area contributed by atoms with Crippen molar-refractivity contribution in [2.24, 2.45) is 5.10 Å². The van der Waals surface area contributed by atoms with Gasteiger partial charge < -0.3 is 4.74 Å². The molecule has 0 aliphatic rings. The highest BCUT2D eigenvalue weighted by atomic mass is 32.1. The molecule has 10 heteroatoms. The molecule has 1 heterocycles. The first-order chi connectivity index (χ1) is 14.8. The van der Waals surface area contributed by atoms with Crippen molar-refractivity contribution < 1.29 is 27.1 Å². The van der Waals surface area contributed by atoms with Gasteiger partial charge in [0.1, 0.15) is 5.82 Å². The molecule has 1 aromatic heterocycles. The minimum atomic E-state index is -4.76. The third-order valence-corrected chi connectivity index (χ3v) is 4.87. The summed E-state index contributed by atoms with van der Waals surface area (Å²) in [4.78, 5) is 15.7. The number of halogens is 4. The standard InChI is InChI=1S/C21H17F4N3O2S/c1-2-30-19(29)10-16-12-31-20(27-16)28-26-11-13-3-5-14(6-4-13)15-7-8-18(22)17(9-15)21(23,24)25/h3-9,11-12H,2,10H2,1H3,(H,27,28). The Morgan fingerprint density at radius 3 is 2.58 bits per heavy atom. The molecule has 0 atom stereocenters. The van der Waals surface area contributed by atoms with Crippen molar-refractivity contribution in [3.05, 3.63) is 70.5 Å². The highest BCUT2D eigenvalue weighted by Gasteiger charge is 2.34. The van der Waals surface area contributed by atoms with Crippen molar-refractivity contribution in [2.75, 3.05) is 12.0 Å². The Bertz CT molecular complexity index is 1080. The molecule has 3 aromatic rings. The van der Waals surface area contributed by atoms with E-state index in [4.69, 9.17) is 4.74 Å². The fourth-order valence-electron chi connectivity index (χ4n) is 2.65. The largest absolute Gasteiger partial charge is 0.466 e. The first-order valence-corrected chi connectivity index (χ1v) is 10.0. The van der Waals surface area contributed by atoms with Crippen molar-refractivity contribution in [2.45, 2.75) is 19.5 Å². The molecule has 0 unspecified atom stereocenters. The number of aromatic nitrogens is 1. The van der Waals surface area contributed by atoms with Crippen LogP contribution in [0.2, 0.25) is 0 Å². The number of alkyl halides is 3. The second-order valence-electron chi connectivity index (χ2n) is 6.31. The van der Waals surface area contributed by atoms with Crippen LogP contribution in [0.15, 0.2) is 52.9 Å². The summed E-state index contributed by atoms with van der Waals surface area (Å²) in [7, 11) is 0. The Balaban J connectivity index is 1.63. The topological polar surface area (TPSA) is 63.6 Å². The van der Waals surface area contributed by atoms with Crippen LogP contribution in [0, 0.1) is 5.82 Å². The predicted molar refractivity (Wildman–Crippen MR) is 111 cm³/mol. The van der Waals surface area contributed by atoms with Gasteiger partial charge in [0, 0.05) is 5.38 Å². The van der Waals surface area contributed by atoms with E-state index in [1.54, 1.807) is 36.6 Å². The van der Waals surface area contributed by atoms with Crippen LogP contribution in [0.4, 0.5) is 22.7 Å². The molecular weight excluding hydrogens is 434 g/mol. The van der Waals surface area contributed by atoms with E-state index in [0.29, 0.717) is 28.6 Å². The molecule has 0 aliphatic heterocycles. The smallest absolute Gasteiger partial charge is 0.419 e. The first kappa shape index (κ1) is 22.4. The quantitative estimate of drug-likeness (QED) is 0.222. The van der Waals surface area contributed by atoms with Gasteiger partial charge in [-0.25, -0.2) is 9.37 Å². The molecule has 5 nitrogen and oxygen atoms in total. The second kappa shape index (κ2) is 9.69. The molecule has 0 saturated carbocycles. The Labute approximate surface area is 179 Å². The molecule has 3 rings (SSSR count). The zero-order chi connectivity index (χ0) is 22.4. The van der Waals surface area contributed by atoms with Crippen LogP contribution in [0.25, 0.3) is 11.1 Å². The van der Waals surface area contributed by atoms with E-state index < -0.39 is 17.6 Å². The number of rotatable bonds is 7. The SMILES string of the molecule is CCOC(=O)Cc1csc(NN=Cc2ccc(-c3ccc(F)c(C(F)(F)F)c3)cc2)n1. The fourth-order valence-corrected chi connectivity index (χ4v) is 3.30. The number of hydrogen-bond donors (Lipinski definition) is 1. The van der Waals surface area contributed by atoms with Crippen LogP contribution < -0.4 is 5.43 Å². The maximum absolute atomic E-state index is 13.5. The van der Waals surface area contributed by atoms with Crippen LogP contribution in [0.1, 0.15) is 23.7 Å². The number of benzene rings is 2. The second-order valence-corrected chi connectivity index (χ2v) is 7.17. The Kier molecular flexibility index (Phi) is 7.01. The fraction of sp³-hybridized carbons (Fsp3) is 0.190. The van der Waals surface area contributed by atoms with Crippen molar-refractivity contribution >= 4 is 28.7 Å². The molecule has 0 spiro atoms. The van der Waals surface area contributed by atoms with Crippen molar-refractivity contribution in [1.82, 2.24) is 4.98 Å². The Morgan fingerprint density at radius 1 is 1.19 bits per heavy atom. The van der Waals surface area contributed by atoms with Gasteiger partial charge in [0.05, 0.1) is 30.5 Å². The minimum absolute atomic E-state index is 0.0800. The van der Waals surface area contributed by atoms with E-state index in [1.807, 2.05) is 0 Å². The van der Waals surface area contributed by atoms with E-state index in [1.165, 1.54) is 23.6 Å². The molecule has 31 heavy (non-hydrogen) atoms. The van der Waals surface area contributed by atoms with E-state index in [0.717, 1.165) is 12.1 Å². The molecule has 0 bridgehead atoms. The zero-order valence-corrected chi connectivity index (χ0v) is 17.1. The molecule has 1 N–H and O–H groups in total. The first-order valence-electron chi connectivity index (χ1n) is 9.12. The monoisotopic (exact) mass is 451 g/mol. The molecule has 0 saturated heterocycles. The summed E-state index contributed by atoms with van der Waals surface area (Å²) < 4.78 is 57.0. The number of nitrogens with zero attached hydrogens (tertiary/aromatic N) is 2. The number of ether oxygens (including phenoxy) is 1. The van der Waals surface area contributed by atoms with Crippen molar-refractivity contribution in [1.29, 1.82) is 0 Å². The van der Waals surface area contributed by atoms with Gasteiger partial charge in [-0.1, -0.05) is 30.3 Å². The molecule has 162 valence electrons. The third kappa shape index (κ3) is 6.11. The molecular formula is C21H17F4N3O2S. The molecule has 0 fully saturated rings. The summed E-state index contributed by atoms with van der Waals surface area (Å²) in [6, 6.07) is 9.48. The van der Waals surface area contributed by atoms with Gasteiger partial charge in [0.2, 0.25) is 5.13 Å².